The summed E-state index contributed by atoms with van der Waals surface area (Å²) in [4.78, 5) is 12.8. The maximum Gasteiger partial charge on any atom is 0.274 e. The number of hydrogen-bond donors (Lipinski definition) is 1. The number of halogens is 1. The van der Waals surface area contributed by atoms with Crippen molar-refractivity contribution in [3.8, 4) is 0 Å². The third-order valence-electron chi connectivity index (χ3n) is 4.41. The van der Waals surface area contributed by atoms with Gasteiger partial charge in [0.2, 0.25) is 0 Å². The van der Waals surface area contributed by atoms with Crippen LogP contribution in [0, 0.1) is 21.8 Å². The molecule has 1 aromatic rings. The van der Waals surface area contributed by atoms with E-state index in [1.165, 1.54) is 12.1 Å². The maximum atomic E-state index is 13.4. The second-order valence-electron chi connectivity index (χ2n) is 5.59. The summed E-state index contributed by atoms with van der Waals surface area (Å²) in [7, 11) is 0. The van der Waals surface area contributed by atoms with Crippen LogP contribution in [-0.2, 0) is 6.54 Å². The number of nitro benzene ring substituents is 1. The number of rotatable bonds is 6. The number of nitro groups is 1. The second kappa shape index (κ2) is 6.95. The van der Waals surface area contributed by atoms with Crippen molar-refractivity contribution in [1.29, 1.82) is 0 Å². The average Bonchev–Trinajstić information content (AvgIpc) is 2.92. The molecule has 1 fully saturated rings. The fraction of sp³-hybridized carbons (Fsp3) is 0.600. The molecule has 0 bridgehead atoms. The van der Waals surface area contributed by atoms with Crippen LogP contribution < -0.4 is 5.73 Å². The van der Waals surface area contributed by atoms with E-state index in [4.69, 9.17) is 5.73 Å². The lowest BCUT2D eigenvalue weighted by atomic mass is 10.0. The van der Waals surface area contributed by atoms with E-state index < -0.39 is 10.7 Å². The van der Waals surface area contributed by atoms with Crippen molar-refractivity contribution in [3.63, 3.8) is 0 Å². The number of benzene rings is 1. The summed E-state index contributed by atoms with van der Waals surface area (Å²) in [5, 5.41) is 11.1. The molecule has 116 valence electrons. The van der Waals surface area contributed by atoms with E-state index in [-0.39, 0.29) is 5.69 Å². The highest BCUT2D eigenvalue weighted by Crippen LogP contribution is 2.31. The van der Waals surface area contributed by atoms with Crippen LogP contribution in [0.3, 0.4) is 0 Å². The van der Waals surface area contributed by atoms with E-state index in [1.807, 2.05) is 6.92 Å². The molecule has 2 rings (SSSR count). The van der Waals surface area contributed by atoms with Crippen molar-refractivity contribution in [1.82, 2.24) is 4.90 Å². The van der Waals surface area contributed by atoms with Crippen molar-refractivity contribution < 1.29 is 9.31 Å². The zero-order valence-corrected chi connectivity index (χ0v) is 12.3. The summed E-state index contributed by atoms with van der Waals surface area (Å²) in [6.45, 7) is 3.82. The number of nitrogens with two attached hydrogens (primary N) is 1. The zero-order valence-electron chi connectivity index (χ0n) is 12.3. The van der Waals surface area contributed by atoms with Crippen molar-refractivity contribution in [3.05, 3.63) is 39.7 Å². The Hall–Kier alpha value is -1.53. The molecule has 0 amide bonds. The number of hydrogen-bond acceptors (Lipinski definition) is 4. The molecule has 0 radical (unpaired) electrons. The molecule has 1 aliphatic carbocycles. The highest BCUT2D eigenvalue weighted by Gasteiger charge is 2.31. The molecule has 1 aliphatic rings. The lowest BCUT2D eigenvalue weighted by molar-refractivity contribution is -0.385. The Morgan fingerprint density at radius 2 is 2.24 bits per heavy atom. The van der Waals surface area contributed by atoms with Crippen molar-refractivity contribution >= 4 is 5.69 Å². The molecule has 0 heterocycles. The topological polar surface area (TPSA) is 72.4 Å². The van der Waals surface area contributed by atoms with Gasteiger partial charge in [-0.25, -0.2) is 4.39 Å². The Balaban J connectivity index is 2.22. The standard InChI is InChI=1S/C15H22FN3O2/c1-2-18(14-5-3-4-11(14)9-17)10-12-8-13(16)6-7-15(12)19(20)21/h6-8,11,14H,2-5,9-10,17H2,1H3. The van der Waals surface area contributed by atoms with E-state index in [9.17, 15) is 14.5 Å². The summed E-state index contributed by atoms with van der Waals surface area (Å²) in [5.41, 5.74) is 6.24. The van der Waals surface area contributed by atoms with Crippen LogP contribution >= 0.6 is 0 Å². The van der Waals surface area contributed by atoms with Gasteiger partial charge in [0.15, 0.2) is 0 Å². The molecule has 2 unspecified atom stereocenters. The van der Waals surface area contributed by atoms with Crippen LogP contribution in [-0.4, -0.2) is 29.0 Å². The van der Waals surface area contributed by atoms with Crippen LogP contribution in [0.5, 0.6) is 0 Å². The molecule has 0 saturated heterocycles. The van der Waals surface area contributed by atoms with E-state index in [1.54, 1.807) is 0 Å². The van der Waals surface area contributed by atoms with Gasteiger partial charge in [0.25, 0.3) is 5.69 Å². The van der Waals surface area contributed by atoms with E-state index in [0.717, 1.165) is 31.9 Å². The van der Waals surface area contributed by atoms with Crippen molar-refractivity contribution in [2.45, 2.75) is 38.8 Å². The Morgan fingerprint density at radius 3 is 2.86 bits per heavy atom. The summed E-state index contributed by atoms with van der Waals surface area (Å²) in [6, 6.07) is 3.99. The quantitative estimate of drug-likeness (QED) is 0.647. The highest BCUT2D eigenvalue weighted by atomic mass is 19.1. The molecule has 0 aliphatic heterocycles. The third kappa shape index (κ3) is 3.57. The van der Waals surface area contributed by atoms with Gasteiger partial charge in [0.1, 0.15) is 5.82 Å². The minimum absolute atomic E-state index is 0.0165. The molecule has 6 heteroatoms. The first-order valence-corrected chi connectivity index (χ1v) is 7.43. The first-order chi connectivity index (χ1) is 10.1. The smallest absolute Gasteiger partial charge is 0.274 e. The summed E-state index contributed by atoms with van der Waals surface area (Å²) in [6.07, 6.45) is 3.29. The van der Waals surface area contributed by atoms with Gasteiger partial charge >= 0.3 is 0 Å². The van der Waals surface area contributed by atoms with E-state index in [0.29, 0.717) is 30.6 Å². The van der Waals surface area contributed by atoms with Gasteiger partial charge in [-0.1, -0.05) is 13.3 Å². The molecule has 2 N–H and O–H groups in total. The van der Waals surface area contributed by atoms with Crippen LogP contribution in [0.25, 0.3) is 0 Å². The van der Waals surface area contributed by atoms with Gasteiger partial charge in [0.05, 0.1) is 4.92 Å². The van der Waals surface area contributed by atoms with Crippen LogP contribution in [0.1, 0.15) is 31.7 Å². The van der Waals surface area contributed by atoms with Crippen LogP contribution in [0.4, 0.5) is 10.1 Å². The fourth-order valence-corrected chi connectivity index (χ4v) is 3.31. The van der Waals surface area contributed by atoms with Gasteiger partial charge in [-0.15, -0.1) is 0 Å². The Labute approximate surface area is 124 Å². The van der Waals surface area contributed by atoms with Gasteiger partial charge in [-0.05, 0) is 44.0 Å². The molecule has 21 heavy (non-hydrogen) atoms. The van der Waals surface area contributed by atoms with Gasteiger partial charge in [-0.3, -0.25) is 15.0 Å². The predicted molar refractivity (Wildman–Crippen MR) is 79.3 cm³/mol. The Kier molecular flexibility index (Phi) is 5.25. The molecule has 1 aromatic carbocycles. The largest absolute Gasteiger partial charge is 0.330 e. The molecule has 2 atom stereocenters. The SMILES string of the molecule is CCN(Cc1cc(F)ccc1[N+](=O)[O-])C1CCCC1CN. The summed E-state index contributed by atoms with van der Waals surface area (Å²) >= 11 is 0. The van der Waals surface area contributed by atoms with E-state index in [2.05, 4.69) is 4.90 Å². The van der Waals surface area contributed by atoms with Gasteiger partial charge in [0, 0.05) is 24.2 Å². The van der Waals surface area contributed by atoms with Crippen molar-refractivity contribution in [2.75, 3.05) is 13.1 Å². The lowest BCUT2D eigenvalue weighted by Gasteiger charge is -2.31. The van der Waals surface area contributed by atoms with Gasteiger partial charge < -0.3 is 5.73 Å². The fourth-order valence-electron chi connectivity index (χ4n) is 3.31. The molecule has 5 nitrogen and oxygen atoms in total. The lowest BCUT2D eigenvalue weighted by Crippen LogP contribution is -2.39. The molecule has 1 saturated carbocycles. The summed E-state index contributed by atoms with van der Waals surface area (Å²) in [5.74, 6) is -0.00832. The first kappa shape index (κ1) is 15.9. The molecule has 0 spiro atoms. The van der Waals surface area contributed by atoms with Gasteiger partial charge in [-0.2, -0.15) is 0 Å². The Morgan fingerprint density at radius 1 is 1.48 bits per heavy atom. The minimum atomic E-state index is -0.447. The molecular weight excluding hydrogens is 273 g/mol. The average molecular weight is 295 g/mol. The summed E-state index contributed by atoms with van der Waals surface area (Å²) < 4.78 is 13.4. The molecule has 0 aromatic heterocycles. The van der Waals surface area contributed by atoms with Crippen LogP contribution in [0.2, 0.25) is 0 Å². The van der Waals surface area contributed by atoms with Crippen LogP contribution in [0.15, 0.2) is 18.2 Å². The number of nitrogens with zero attached hydrogens (tertiary/aromatic N) is 2. The monoisotopic (exact) mass is 295 g/mol. The highest BCUT2D eigenvalue weighted by molar-refractivity contribution is 5.40. The minimum Gasteiger partial charge on any atom is -0.330 e. The van der Waals surface area contributed by atoms with E-state index >= 15 is 0 Å². The predicted octanol–water partition coefficient (Wildman–Crippen LogP) is 2.68. The molecular formula is C15H22FN3O2. The maximum absolute atomic E-state index is 13.4. The third-order valence-corrected chi connectivity index (χ3v) is 4.41. The normalized spacial score (nSPS) is 21.9. The van der Waals surface area contributed by atoms with Crippen molar-refractivity contribution in [2.24, 2.45) is 11.7 Å². The first-order valence-electron chi connectivity index (χ1n) is 7.43. The second-order valence-corrected chi connectivity index (χ2v) is 5.59. The Bertz CT molecular complexity index is 510. The zero-order chi connectivity index (χ0) is 15.4.